The summed E-state index contributed by atoms with van der Waals surface area (Å²) in [6.07, 6.45) is 0.0285. The van der Waals surface area contributed by atoms with Crippen LogP contribution in [0.4, 0.5) is 5.69 Å². The van der Waals surface area contributed by atoms with Gasteiger partial charge in [-0.25, -0.2) is 0 Å². The van der Waals surface area contributed by atoms with E-state index in [0.717, 1.165) is 23.8 Å². The van der Waals surface area contributed by atoms with Crippen LogP contribution in [-0.2, 0) is 11.3 Å². The number of carbonyl (C=O) groups is 2. The van der Waals surface area contributed by atoms with E-state index in [4.69, 9.17) is 0 Å². The van der Waals surface area contributed by atoms with Crippen LogP contribution in [0.15, 0.2) is 42.5 Å². The van der Waals surface area contributed by atoms with Gasteiger partial charge in [-0.3, -0.25) is 19.7 Å². The standard InChI is InChI=1S/C18H19N3O5/c1-12-4-2-3-5-15(12)18(24)19-9-8-17(23)20-11-13-10-14(21(25)26)6-7-16(13)22/h2-7,10,22H,8-9,11H2,1H3,(H,19,24)(H,20,23)/p-1. The molecule has 0 aliphatic heterocycles. The molecule has 0 unspecified atom stereocenters. The zero-order valence-electron chi connectivity index (χ0n) is 14.2. The van der Waals surface area contributed by atoms with E-state index >= 15 is 0 Å². The Balaban J connectivity index is 1.81. The van der Waals surface area contributed by atoms with E-state index < -0.39 is 4.92 Å². The molecule has 8 heteroatoms. The van der Waals surface area contributed by atoms with E-state index in [0.29, 0.717) is 5.56 Å². The maximum absolute atomic E-state index is 12.0. The molecule has 0 fully saturated rings. The summed E-state index contributed by atoms with van der Waals surface area (Å²) < 4.78 is 0. The largest absolute Gasteiger partial charge is 0.872 e. The number of nitro benzene ring substituents is 1. The van der Waals surface area contributed by atoms with Crippen molar-refractivity contribution in [2.24, 2.45) is 0 Å². The molecule has 2 aromatic carbocycles. The van der Waals surface area contributed by atoms with Crippen molar-refractivity contribution in [2.45, 2.75) is 19.9 Å². The van der Waals surface area contributed by atoms with Crippen molar-refractivity contribution < 1.29 is 19.6 Å². The third-order valence-corrected chi connectivity index (χ3v) is 3.76. The van der Waals surface area contributed by atoms with Gasteiger partial charge < -0.3 is 15.7 Å². The lowest BCUT2D eigenvalue weighted by atomic mass is 10.1. The summed E-state index contributed by atoms with van der Waals surface area (Å²) in [6, 6.07) is 10.5. The smallest absolute Gasteiger partial charge is 0.269 e. The van der Waals surface area contributed by atoms with Crippen LogP contribution >= 0.6 is 0 Å². The van der Waals surface area contributed by atoms with E-state index in [9.17, 15) is 24.8 Å². The van der Waals surface area contributed by atoms with Crippen molar-refractivity contribution in [1.82, 2.24) is 10.6 Å². The Morgan fingerprint density at radius 2 is 1.85 bits per heavy atom. The molecular formula is C18H18N3O5-. The number of rotatable bonds is 7. The first-order chi connectivity index (χ1) is 12.4. The third-order valence-electron chi connectivity index (χ3n) is 3.76. The molecular weight excluding hydrogens is 338 g/mol. The van der Waals surface area contributed by atoms with Crippen molar-refractivity contribution in [3.05, 3.63) is 69.3 Å². The maximum Gasteiger partial charge on any atom is 0.269 e. The number of amides is 2. The Bertz CT molecular complexity index is 835. The highest BCUT2D eigenvalue weighted by molar-refractivity contribution is 5.95. The SMILES string of the molecule is Cc1ccccc1C(=O)NCCC(=O)NCc1cc([N+](=O)[O-])ccc1[O-]. The lowest BCUT2D eigenvalue weighted by molar-refractivity contribution is -0.385. The van der Waals surface area contributed by atoms with Crippen LogP contribution < -0.4 is 15.7 Å². The molecule has 0 heterocycles. The molecule has 26 heavy (non-hydrogen) atoms. The molecule has 136 valence electrons. The van der Waals surface area contributed by atoms with Crippen molar-refractivity contribution >= 4 is 17.5 Å². The van der Waals surface area contributed by atoms with Crippen LogP contribution in [0.2, 0.25) is 0 Å². The van der Waals surface area contributed by atoms with Gasteiger partial charge in [-0.05, 0) is 24.1 Å². The Kier molecular flexibility index (Phi) is 6.26. The fourth-order valence-electron chi connectivity index (χ4n) is 2.31. The summed E-state index contributed by atoms with van der Waals surface area (Å²) in [7, 11) is 0. The van der Waals surface area contributed by atoms with E-state index in [-0.39, 0.29) is 48.3 Å². The fourth-order valence-corrected chi connectivity index (χ4v) is 2.31. The molecule has 0 aliphatic carbocycles. The second-order valence-electron chi connectivity index (χ2n) is 5.65. The fraction of sp³-hybridized carbons (Fsp3) is 0.222. The molecule has 2 aromatic rings. The first kappa shape index (κ1) is 18.9. The summed E-state index contributed by atoms with van der Waals surface area (Å²) in [5, 5.41) is 27.6. The van der Waals surface area contributed by atoms with Gasteiger partial charge in [-0.2, -0.15) is 0 Å². The molecule has 8 nitrogen and oxygen atoms in total. The minimum atomic E-state index is -0.605. The van der Waals surface area contributed by atoms with E-state index in [1.54, 1.807) is 12.1 Å². The topological polar surface area (TPSA) is 124 Å². The van der Waals surface area contributed by atoms with Gasteiger partial charge in [0.25, 0.3) is 11.6 Å². The van der Waals surface area contributed by atoms with Crippen LogP contribution in [-0.4, -0.2) is 23.3 Å². The average molecular weight is 356 g/mol. The Hall–Kier alpha value is -3.42. The molecule has 0 bridgehead atoms. The van der Waals surface area contributed by atoms with Gasteiger partial charge in [0.05, 0.1) is 4.92 Å². The summed E-state index contributed by atoms with van der Waals surface area (Å²) in [6.45, 7) is 1.85. The summed E-state index contributed by atoms with van der Waals surface area (Å²) in [5.74, 6) is -1.03. The van der Waals surface area contributed by atoms with Gasteiger partial charge in [-0.15, -0.1) is 5.75 Å². The highest BCUT2D eigenvalue weighted by Gasteiger charge is 2.10. The zero-order chi connectivity index (χ0) is 19.1. The Labute approximate surface area is 150 Å². The molecule has 0 aliphatic rings. The Morgan fingerprint density at radius 1 is 1.12 bits per heavy atom. The maximum atomic E-state index is 12.0. The molecule has 0 saturated carbocycles. The predicted molar refractivity (Wildman–Crippen MR) is 92.5 cm³/mol. The number of aryl methyl sites for hydroxylation is 1. The molecule has 2 N–H and O–H groups in total. The molecule has 0 aromatic heterocycles. The van der Waals surface area contributed by atoms with Crippen molar-refractivity contribution in [3.63, 3.8) is 0 Å². The average Bonchev–Trinajstić information content (AvgIpc) is 2.61. The van der Waals surface area contributed by atoms with Crippen molar-refractivity contribution in [2.75, 3.05) is 6.54 Å². The summed E-state index contributed by atoms with van der Waals surface area (Å²) in [5.41, 5.74) is 1.31. The van der Waals surface area contributed by atoms with Crippen LogP contribution in [0.5, 0.6) is 5.75 Å². The molecule has 0 radical (unpaired) electrons. The number of hydrogen-bond acceptors (Lipinski definition) is 5. The predicted octanol–water partition coefficient (Wildman–Crippen LogP) is 1.41. The quantitative estimate of drug-likeness (QED) is 0.573. The van der Waals surface area contributed by atoms with Crippen LogP contribution in [0, 0.1) is 17.0 Å². The van der Waals surface area contributed by atoms with E-state index in [1.807, 2.05) is 19.1 Å². The monoisotopic (exact) mass is 356 g/mol. The lowest BCUT2D eigenvalue weighted by Crippen LogP contribution is -2.31. The number of nitrogens with one attached hydrogen (secondary N) is 2. The number of non-ortho nitro benzene ring substituents is 1. The first-order valence-electron chi connectivity index (χ1n) is 7.93. The Morgan fingerprint density at radius 3 is 2.54 bits per heavy atom. The van der Waals surface area contributed by atoms with Crippen LogP contribution in [0.25, 0.3) is 0 Å². The highest BCUT2D eigenvalue weighted by atomic mass is 16.6. The molecule has 0 atom stereocenters. The lowest BCUT2D eigenvalue weighted by Gasteiger charge is -2.13. The molecule has 2 amide bonds. The van der Waals surface area contributed by atoms with Crippen molar-refractivity contribution in [3.8, 4) is 5.75 Å². The highest BCUT2D eigenvalue weighted by Crippen LogP contribution is 2.20. The number of hydrogen-bond donors (Lipinski definition) is 2. The van der Waals surface area contributed by atoms with E-state index in [2.05, 4.69) is 10.6 Å². The number of nitrogens with zero attached hydrogens (tertiary/aromatic N) is 1. The van der Waals surface area contributed by atoms with Gasteiger partial charge in [0.2, 0.25) is 5.91 Å². The zero-order valence-corrected chi connectivity index (χ0v) is 14.2. The van der Waals surface area contributed by atoms with Gasteiger partial charge >= 0.3 is 0 Å². The van der Waals surface area contributed by atoms with Gasteiger partial charge in [-0.1, -0.05) is 24.3 Å². The van der Waals surface area contributed by atoms with Crippen molar-refractivity contribution in [1.29, 1.82) is 0 Å². The number of carbonyl (C=O) groups excluding carboxylic acids is 2. The van der Waals surface area contributed by atoms with E-state index in [1.165, 1.54) is 0 Å². The number of nitro groups is 1. The van der Waals surface area contributed by atoms with Crippen LogP contribution in [0.3, 0.4) is 0 Å². The van der Waals surface area contributed by atoms with Gasteiger partial charge in [0, 0.05) is 37.2 Å². The molecule has 2 rings (SSSR count). The van der Waals surface area contributed by atoms with Gasteiger partial charge in [0.1, 0.15) is 0 Å². The normalized spacial score (nSPS) is 10.2. The van der Waals surface area contributed by atoms with Gasteiger partial charge in [0.15, 0.2) is 0 Å². The minimum Gasteiger partial charge on any atom is -0.872 e. The first-order valence-corrected chi connectivity index (χ1v) is 7.93. The summed E-state index contributed by atoms with van der Waals surface area (Å²) >= 11 is 0. The second-order valence-corrected chi connectivity index (χ2v) is 5.65. The molecule has 0 spiro atoms. The number of benzene rings is 2. The summed E-state index contributed by atoms with van der Waals surface area (Å²) in [4.78, 5) is 34.0. The second kappa shape index (κ2) is 8.61. The third kappa shape index (κ3) is 5.04. The minimum absolute atomic E-state index is 0.0285. The molecule has 0 saturated heterocycles. The van der Waals surface area contributed by atoms with Crippen LogP contribution in [0.1, 0.15) is 27.9 Å².